The first-order valence-corrected chi connectivity index (χ1v) is 7.48. The van der Waals surface area contributed by atoms with E-state index in [0.717, 1.165) is 18.4 Å². The van der Waals surface area contributed by atoms with Gasteiger partial charge in [-0.15, -0.1) is 0 Å². The van der Waals surface area contributed by atoms with E-state index in [1.54, 1.807) is 0 Å². The van der Waals surface area contributed by atoms with Crippen molar-refractivity contribution in [2.45, 2.75) is 52.5 Å². The van der Waals surface area contributed by atoms with E-state index in [0.29, 0.717) is 5.92 Å². The number of hydrogen-bond acceptors (Lipinski definition) is 2. The third-order valence-corrected chi connectivity index (χ3v) is 3.58. The van der Waals surface area contributed by atoms with E-state index in [-0.39, 0.29) is 24.5 Å². The Hall–Kier alpha value is -1.35. The second-order valence-electron chi connectivity index (χ2n) is 5.86. The minimum absolute atomic E-state index is 0.0116. The minimum atomic E-state index is -0.191. The van der Waals surface area contributed by atoms with Crippen LogP contribution in [0.3, 0.4) is 0 Å². The molecule has 1 aromatic carbocycles. The Balaban J connectivity index is 2.67. The predicted octanol–water partition coefficient (Wildman–Crippen LogP) is 2.88. The van der Waals surface area contributed by atoms with E-state index in [1.165, 1.54) is 5.56 Å². The monoisotopic (exact) mass is 277 g/mol. The van der Waals surface area contributed by atoms with Gasteiger partial charge in [0.05, 0.1) is 18.6 Å². The fourth-order valence-corrected chi connectivity index (χ4v) is 2.17. The quantitative estimate of drug-likeness (QED) is 0.805. The zero-order valence-electron chi connectivity index (χ0n) is 13.0. The van der Waals surface area contributed by atoms with Crippen LogP contribution in [0, 0.1) is 5.92 Å². The summed E-state index contributed by atoms with van der Waals surface area (Å²) in [7, 11) is 0. The molecule has 3 nitrogen and oxygen atoms in total. The van der Waals surface area contributed by atoms with Crippen molar-refractivity contribution in [2.24, 2.45) is 5.92 Å². The van der Waals surface area contributed by atoms with Gasteiger partial charge in [-0.05, 0) is 36.8 Å². The Morgan fingerprint density at radius 1 is 1.20 bits per heavy atom. The summed E-state index contributed by atoms with van der Waals surface area (Å²) in [6, 6.07) is 8.11. The average molecular weight is 277 g/mol. The second kappa shape index (κ2) is 8.05. The van der Waals surface area contributed by atoms with Crippen LogP contribution < -0.4 is 5.32 Å². The Morgan fingerprint density at radius 2 is 1.80 bits per heavy atom. The summed E-state index contributed by atoms with van der Waals surface area (Å²) >= 11 is 0. The molecule has 1 aromatic rings. The highest BCUT2D eigenvalue weighted by atomic mass is 16.3. The number of benzene rings is 1. The zero-order valence-corrected chi connectivity index (χ0v) is 13.0. The molecule has 0 aliphatic heterocycles. The van der Waals surface area contributed by atoms with Gasteiger partial charge in [0.2, 0.25) is 5.91 Å². The summed E-state index contributed by atoms with van der Waals surface area (Å²) in [6.07, 6.45) is 1.80. The van der Waals surface area contributed by atoms with Crippen molar-refractivity contribution in [2.75, 3.05) is 6.61 Å². The lowest BCUT2D eigenvalue weighted by molar-refractivity contribution is -0.123. The molecule has 0 spiro atoms. The molecule has 0 radical (unpaired) electrons. The molecule has 0 aliphatic rings. The van der Waals surface area contributed by atoms with Gasteiger partial charge in [0.1, 0.15) is 0 Å². The second-order valence-corrected chi connectivity index (χ2v) is 5.86. The van der Waals surface area contributed by atoms with Gasteiger partial charge in [0.15, 0.2) is 0 Å². The van der Waals surface area contributed by atoms with Crippen LogP contribution in [-0.4, -0.2) is 23.7 Å². The van der Waals surface area contributed by atoms with Crippen molar-refractivity contribution in [3.8, 4) is 0 Å². The van der Waals surface area contributed by atoms with E-state index in [4.69, 9.17) is 5.11 Å². The molecule has 0 aliphatic carbocycles. The molecule has 0 saturated carbocycles. The number of amides is 1. The third-order valence-electron chi connectivity index (χ3n) is 3.58. The first kappa shape index (κ1) is 16.7. The fourth-order valence-electron chi connectivity index (χ4n) is 2.17. The molecule has 3 heteroatoms. The Labute approximate surface area is 122 Å². The van der Waals surface area contributed by atoms with Crippen molar-refractivity contribution < 1.29 is 9.90 Å². The van der Waals surface area contributed by atoms with Crippen LogP contribution in [0.25, 0.3) is 0 Å². The van der Waals surface area contributed by atoms with Crippen LogP contribution in [0.1, 0.15) is 51.2 Å². The maximum absolute atomic E-state index is 12.1. The van der Waals surface area contributed by atoms with Crippen molar-refractivity contribution in [3.05, 3.63) is 35.4 Å². The lowest BCUT2D eigenvalue weighted by Crippen LogP contribution is -2.39. The number of rotatable bonds is 7. The molecule has 0 unspecified atom stereocenters. The summed E-state index contributed by atoms with van der Waals surface area (Å²) in [4.78, 5) is 12.1. The van der Waals surface area contributed by atoms with E-state index >= 15 is 0 Å². The molecular weight excluding hydrogens is 250 g/mol. The molecule has 0 aromatic heterocycles. The number of carbonyl (C=O) groups excluding carboxylic acids is 1. The first-order valence-electron chi connectivity index (χ1n) is 7.48. The van der Waals surface area contributed by atoms with E-state index in [9.17, 15) is 4.79 Å². The molecule has 112 valence electrons. The topological polar surface area (TPSA) is 49.3 Å². The lowest BCUT2D eigenvalue weighted by Gasteiger charge is -2.18. The third kappa shape index (κ3) is 4.97. The van der Waals surface area contributed by atoms with Gasteiger partial charge in [0, 0.05) is 0 Å². The standard InChI is InChI=1S/C17H27NO2/c1-5-16(11-19)18-17(20)13(4)15-8-6-14(7-9-15)10-12(2)3/h6-9,12-13,16,19H,5,10-11H2,1-4H3,(H,18,20)/t13-,16+/m1/s1. The molecule has 0 fully saturated rings. The van der Waals surface area contributed by atoms with E-state index in [2.05, 4.69) is 31.3 Å². The predicted molar refractivity (Wildman–Crippen MR) is 82.7 cm³/mol. The van der Waals surface area contributed by atoms with E-state index in [1.807, 2.05) is 26.0 Å². The number of hydrogen-bond donors (Lipinski definition) is 2. The Kier molecular flexibility index (Phi) is 6.73. The van der Waals surface area contributed by atoms with Crippen molar-refractivity contribution in [1.82, 2.24) is 5.32 Å². The molecule has 0 heterocycles. The molecule has 0 saturated heterocycles. The van der Waals surface area contributed by atoms with Gasteiger partial charge >= 0.3 is 0 Å². The molecule has 1 amide bonds. The highest BCUT2D eigenvalue weighted by Gasteiger charge is 2.17. The lowest BCUT2D eigenvalue weighted by atomic mass is 9.96. The Morgan fingerprint density at radius 3 is 2.25 bits per heavy atom. The first-order chi connectivity index (χ1) is 9.47. The van der Waals surface area contributed by atoms with Gasteiger partial charge in [0.25, 0.3) is 0 Å². The SMILES string of the molecule is CC[C@@H](CO)NC(=O)[C@H](C)c1ccc(CC(C)C)cc1. The summed E-state index contributed by atoms with van der Waals surface area (Å²) < 4.78 is 0. The van der Waals surface area contributed by atoms with Crippen LogP contribution in [0.15, 0.2) is 24.3 Å². The maximum atomic E-state index is 12.1. The fraction of sp³-hybridized carbons (Fsp3) is 0.588. The van der Waals surface area contributed by atoms with Crippen molar-refractivity contribution in [3.63, 3.8) is 0 Å². The molecular formula is C17H27NO2. The summed E-state index contributed by atoms with van der Waals surface area (Å²) in [5.74, 6) is 0.419. The number of aliphatic hydroxyl groups is 1. The molecule has 0 bridgehead atoms. The van der Waals surface area contributed by atoms with Gasteiger partial charge in [-0.3, -0.25) is 4.79 Å². The summed E-state index contributed by atoms with van der Waals surface area (Å²) in [5.41, 5.74) is 2.32. The van der Waals surface area contributed by atoms with Crippen molar-refractivity contribution in [1.29, 1.82) is 0 Å². The largest absolute Gasteiger partial charge is 0.394 e. The highest BCUT2D eigenvalue weighted by Crippen LogP contribution is 2.18. The minimum Gasteiger partial charge on any atom is -0.394 e. The zero-order chi connectivity index (χ0) is 15.1. The Bertz CT molecular complexity index is 408. The van der Waals surface area contributed by atoms with Gasteiger partial charge in [-0.2, -0.15) is 0 Å². The smallest absolute Gasteiger partial charge is 0.227 e. The van der Waals surface area contributed by atoms with Crippen LogP contribution in [0.5, 0.6) is 0 Å². The molecule has 2 N–H and O–H groups in total. The van der Waals surface area contributed by atoms with Crippen LogP contribution in [0.4, 0.5) is 0 Å². The number of nitrogens with one attached hydrogen (secondary N) is 1. The van der Waals surface area contributed by atoms with Crippen LogP contribution in [0.2, 0.25) is 0 Å². The van der Waals surface area contributed by atoms with Crippen molar-refractivity contribution >= 4 is 5.91 Å². The average Bonchev–Trinajstić information content (AvgIpc) is 2.43. The summed E-state index contributed by atoms with van der Waals surface area (Å²) in [6.45, 7) is 8.24. The van der Waals surface area contributed by atoms with Gasteiger partial charge in [-0.25, -0.2) is 0 Å². The highest BCUT2D eigenvalue weighted by molar-refractivity contribution is 5.83. The van der Waals surface area contributed by atoms with Crippen LogP contribution in [-0.2, 0) is 11.2 Å². The summed E-state index contributed by atoms with van der Waals surface area (Å²) in [5, 5.41) is 12.0. The molecule has 2 atom stereocenters. The van der Waals surface area contributed by atoms with E-state index < -0.39 is 0 Å². The molecule has 1 rings (SSSR count). The maximum Gasteiger partial charge on any atom is 0.227 e. The van der Waals surface area contributed by atoms with Crippen LogP contribution >= 0.6 is 0 Å². The molecule has 20 heavy (non-hydrogen) atoms. The van der Waals surface area contributed by atoms with Gasteiger partial charge in [-0.1, -0.05) is 45.0 Å². The number of carbonyl (C=O) groups is 1. The normalized spacial score (nSPS) is 14.1. The number of aliphatic hydroxyl groups excluding tert-OH is 1. The van der Waals surface area contributed by atoms with Gasteiger partial charge < -0.3 is 10.4 Å².